The standard InChI is InChI=1S/C42H24O/c1-5-26-13-14-28-15-20-34(36-21-16-27(6-1)40(26)42(28)36)33-10-3-9-31-23-29(17-19-32(31)33)30-18-22-38-37(24-30)35-11-2-7-25-8-4-12-39(43-38)41(25)35/h1-24H/i1D,2D,3D,4D,5D,6D,7D,8D,9D,10D,11D,12D,13D,14D,15D,16D,17D,18D,19D,20D,21D,22D,23D,24D. The molecule has 0 bridgehead atoms. The second-order valence-electron chi connectivity index (χ2n) is 9.76. The van der Waals surface area contributed by atoms with Crippen LogP contribution in [0.5, 0.6) is 11.5 Å². The van der Waals surface area contributed by atoms with E-state index in [1.54, 1.807) is 0 Å². The molecular weight excluding hydrogens is 520 g/mol. The molecule has 198 valence electrons. The van der Waals surface area contributed by atoms with Gasteiger partial charge in [-0.15, -0.1) is 0 Å². The molecule has 0 spiro atoms. The fourth-order valence-electron chi connectivity index (χ4n) is 5.55. The molecule has 0 aromatic heterocycles. The van der Waals surface area contributed by atoms with Crippen molar-refractivity contribution in [3.05, 3.63) is 145 Å². The topological polar surface area (TPSA) is 9.23 Å². The molecule has 0 unspecified atom stereocenters. The van der Waals surface area contributed by atoms with Crippen LogP contribution >= 0.6 is 0 Å². The van der Waals surface area contributed by atoms with Crippen molar-refractivity contribution in [2.45, 2.75) is 0 Å². The van der Waals surface area contributed by atoms with Crippen molar-refractivity contribution in [2.75, 3.05) is 0 Å². The lowest BCUT2D eigenvalue weighted by Gasteiger charge is -2.22. The highest BCUT2D eigenvalue weighted by Gasteiger charge is 2.20. The average molecular weight is 569 g/mol. The lowest BCUT2D eigenvalue weighted by Crippen LogP contribution is -1.97. The molecule has 1 aliphatic rings. The molecule has 0 aliphatic carbocycles. The minimum absolute atomic E-state index is 0.236. The van der Waals surface area contributed by atoms with E-state index in [0.29, 0.717) is 0 Å². The van der Waals surface area contributed by atoms with Gasteiger partial charge in [0.2, 0.25) is 0 Å². The van der Waals surface area contributed by atoms with E-state index in [-0.39, 0.29) is 37.9 Å². The summed E-state index contributed by atoms with van der Waals surface area (Å²) in [5.74, 6) is -1.08. The molecule has 1 aliphatic heterocycles. The summed E-state index contributed by atoms with van der Waals surface area (Å²) in [6.45, 7) is 0. The molecule has 10 rings (SSSR count). The van der Waals surface area contributed by atoms with Crippen LogP contribution < -0.4 is 4.74 Å². The fraction of sp³-hybridized carbons (Fsp3) is 0. The summed E-state index contributed by atoms with van der Waals surface area (Å²) < 4.78 is 221. The van der Waals surface area contributed by atoms with Gasteiger partial charge in [0.15, 0.2) is 0 Å². The Kier molecular flexibility index (Phi) is 1.96. The fourth-order valence-corrected chi connectivity index (χ4v) is 5.55. The summed E-state index contributed by atoms with van der Waals surface area (Å²) in [5, 5.41) is -4.09. The van der Waals surface area contributed by atoms with Crippen LogP contribution in [-0.2, 0) is 0 Å². The van der Waals surface area contributed by atoms with Gasteiger partial charge in [-0.3, -0.25) is 0 Å². The highest BCUT2D eigenvalue weighted by molar-refractivity contribution is 6.26. The molecule has 0 saturated heterocycles. The van der Waals surface area contributed by atoms with Crippen LogP contribution in [0.4, 0.5) is 0 Å². The SMILES string of the molecule is [2H]c1c([2H])c(-c2c([2H])c([2H])c3c(-c4c([2H])c([2H])c5c([2H])c([2H])c6c([2H])c([2H])c([2H])c7c([2H])c([2H])c4c5c67)c([2H])c([2H])c([2H])c3c2[2H])c([2H])c2c1Oc1c([2H])c([2H])c([2H])c3c([2H])c([2H])c([2H])c-2c13. The van der Waals surface area contributed by atoms with E-state index < -0.39 is 206 Å². The molecule has 0 atom stereocenters. The Balaban J connectivity index is 1.38. The van der Waals surface area contributed by atoms with E-state index in [0.717, 1.165) is 0 Å². The van der Waals surface area contributed by atoms with Gasteiger partial charge in [-0.2, -0.15) is 0 Å². The Bertz CT molecular complexity index is 3900. The zero-order valence-corrected chi connectivity index (χ0v) is 21.4. The summed E-state index contributed by atoms with van der Waals surface area (Å²) in [4.78, 5) is 0. The molecule has 43 heavy (non-hydrogen) atoms. The van der Waals surface area contributed by atoms with Crippen LogP contribution in [0.15, 0.2) is 145 Å². The smallest absolute Gasteiger partial charge is 0.135 e. The Morgan fingerprint density at radius 3 is 1.79 bits per heavy atom. The highest BCUT2D eigenvalue weighted by atomic mass is 16.5. The number of benzene rings is 9. The van der Waals surface area contributed by atoms with Crippen LogP contribution in [-0.4, -0.2) is 0 Å². The zero-order valence-electron chi connectivity index (χ0n) is 45.4. The van der Waals surface area contributed by atoms with Crippen molar-refractivity contribution in [3.63, 3.8) is 0 Å². The van der Waals surface area contributed by atoms with Gasteiger partial charge in [-0.05, 0) is 100 Å². The van der Waals surface area contributed by atoms with Crippen LogP contribution in [0.25, 0.3) is 87.2 Å². The lowest BCUT2D eigenvalue weighted by atomic mass is 9.88. The van der Waals surface area contributed by atoms with Crippen LogP contribution in [0, 0.1) is 0 Å². The Hall–Kier alpha value is -5.66. The molecule has 9 aromatic carbocycles. The van der Waals surface area contributed by atoms with Crippen molar-refractivity contribution in [3.8, 4) is 44.9 Å². The predicted molar refractivity (Wildman–Crippen MR) is 182 cm³/mol. The molecule has 9 aromatic rings. The van der Waals surface area contributed by atoms with Crippen LogP contribution in [0.1, 0.15) is 32.9 Å². The minimum Gasteiger partial charge on any atom is -0.456 e. The number of rotatable bonds is 2. The summed E-state index contributed by atoms with van der Waals surface area (Å²) in [6, 6.07) is -18.9. The van der Waals surface area contributed by atoms with E-state index in [1.807, 2.05) is 0 Å². The summed E-state index contributed by atoms with van der Waals surface area (Å²) in [5.41, 5.74) is -3.56. The summed E-state index contributed by atoms with van der Waals surface area (Å²) in [7, 11) is 0. The first kappa shape index (κ1) is 9.97. The predicted octanol–water partition coefficient (Wildman–Crippen LogP) is 12.0. The monoisotopic (exact) mass is 568 g/mol. The zero-order chi connectivity index (χ0) is 49.0. The largest absolute Gasteiger partial charge is 0.456 e. The molecular formula is C42H24O. The normalized spacial score (nSPS) is 20.2. The minimum atomic E-state index is -0.969. The first-order chi connectivity index (χ1) is 31.3. The number of fused-ring (bicyclic) bond motifs is 3. The lowest BCUT2D eigenvalue weighted by molar-refractivity contribution is 0.487. The molecule has 0 fully saturated rings. The van der Waals surface area contributed by atoms with Crippen LogP contribution in [0.3, 0.4) is 0 Å². The van der Waals surface area contributed by atoms with Gasteiger partial charge < -0.3 is 4.74 Å². The molecule has 1 nitrogen and oxygen atoms in total. The number of hydrogen-bond acceptors (Lipinski definition) is 1. The average Bonchev–Trinajstić information content (AvgIpc) is 3.29. The van der Waals surface area contributed by atoms with E-state index in [9.17, 15) is 9.60 Å². The number of ether oxygens (including phenoxy) is 1. The summed E-state index contributed by atoms with van der Waals surface area (Å²) >= 11 is 0. The van der Waals surface area contributed by atoms with E-state index in [1.165, 1.54) is 0 Å². The van der Waals surface area contributed by atoms with Crippen molar-refractivity contribution < 1.29 is 37.6 Å². The van der Waals surface area contributed by atoms with E-state index in [4.69, 9.17) is 28.0 Å². The Morgan fingerprint density at radius 2 is 0.930 bits per heavy atom. The Morgan fingerprint density at radius 1 is 0.349 bits per heavy atom. The third-order valence-corrected chi connectivity index (χ3v) is 7.45. The first-order valence-electron chi connectivity index (χ1n) is 24.9. The van der Waals surface area contributed by atoms with Crippen molar-refractivity contribution in [1.82, 2.24) is 0 Å². The summed E-state index contributed by atoms with van der Waals surface area (Å²) in [6.07, 6.45) is 0. The first-order valence-corrected chi connectivity index (χ1v) is 12.9. The highest BCUT2D eigenvalue weighted by Crippen LogP contribution is 2.48. The molecule has 1 heterocycles. The third-order valence-electron chi connectivity index (χ3n) is 7.45. The van der Waals surface area contributed by atoms with E-state index >= 15 is 0 Å². The van der Waals surface area contributed by atoms with Gasteiger partial charge in [-0.1, -0.05) is 121 Å². The van der Waals surface area contributed by atoms with Gasteiger partial charge in [0, 0.05) is 10.9 Å². The maximum Gasteiger partial charge on any atom is 0.135 e. The van der Waals surface area contributed by atoms with E-state index in [2.05, 4.69) is 0 Å². The molecule has 0 amide bonds. The quantitative estimate of drug-likeness (QED) is 0.188. The third kappa shape index (κ3) is 3.22. The maximum atomic E-state index is 9.58. The van der Waals surface area contributed by atoms with Gasteiger partial charge >= 0.3 is 0 Å². The van der Waals surface area contributed by atoms with Crippen molar-refractivity contribution in [1.29, 1.82) is 0 Å². The molecule has 1 heteroatoms. The second kappa shape index (κ2) is 8.44. The number of hydrogen-bond donors (Lipinski definition) is 0. The second-order valence-corrected chi connectivity index (χ2v) is 9.76. The van der Waals surface area contributed by atoms with Crippen LogP contribution in [0.2, 0.25) is 0 Å². The Labute approximate surface area is 282 Å². The van der Waals surface area contributed by atoms with Crippen molar-refractivity contribution >= 4 is 53.9 Å². The molecule has 0 saturated carbocycles. The maximum absolute atomic E-state index is 9.58. The molecule has 0 N–H and O–H groups in total. The van der Waals surface area contributed by atoms with Gasteiger partial charge in [0.1, 0.15) is 11.5 Å². The molecule has 0 radical (unpaired) electrons. The van der Waals surface area contributed by atoms with Crippen molar-refractivity contribution in [2.24, 2.45) is 0 Å². The van der Waals surface area contributed by atoms with Gasteiger partial charge in [-0.25, -0.2) is 0 Å². The van der Waals surface area contributed by atoms with Gasteiger partial charge in [0.05, 0.1) is 32.9 Å². The van der Waals surface area contributed by atoms with Gasteiger partial charge in [0.25, 0.3) is 0 Å².